The summed E-state index contributed by atoms with van der Waals surface area (Å²) in [4.78, 5) is 12.3. The van der Waals surface area contributed by atoms with Crippen molar-refractivity contribution in [3.05, 3.63) is 83.4 Å². The van der Waals surface area contributed by atoms with Crippen molar-refractivity contribution in [1.29, 1.82) is 0 Å². The number of halogens is 1. The van der Waals surface area contributed by atoms with E-state index >= 15 is 0 Å². The number of methoxy groups -OCH3 is 1. The molecule has 0 spiro atoms. The molecule has 0 aliphatic heterocycles. The maximum Gasteiger partial charge on any atom is 0.261 e. The second kappa shape index (κ2) is 8.98. The second-order valence-electron chi connectivity index (χ2n) is 6.21. The number of sulfonamides is 1. The van der Waals surface area contributed by atoms with Crippen LogP contribution in [0.15, 0.2) is 77.7 Å². The van der Waals surface area contributed by atoms with Gasteiger partial charge in [0.1, 0.15) is 5.75 Å². The van der Waals surface area contributed by atoms with Gasteiger partial charge >= 0.3 is 0 Å². The third kappa shape index (κ3) is 5.73. The minimum Gasteiger partial charge on any atom is -0.497 e. The van der Waals surface area contributed by atoms with Crippen LogP contribution < -0.4 is 14.8 Å². The van der Waals surface area contributed by atoms with E-state index < -0.39 is 10.0 Å². The summed E-state index contributed by atoms with van der Waals surface area (Å²) in [6.45, 7) is 0. The lowest BCUT2D eigenvalue weighted by Gasteiger charge is -2.10. The number of rotatable bonds is 7. The minimum absolute atomic E-state index is 0.0839. The predicted octanol–water partition coefficient (Wildman–Crippen LogP) is 4.33. The van der Waals surface area contributed by atoms with E-state index in [1.807, 2.05) is 12.1 Å². The molecule has 0 atom stereocenters. The van der Waals surface area contributed by atoms with Crippen molar-refractivity contribution >= 4 is 38.9 Å². The molecular weight excluding hydrogens is 412 g/mol. The Balaban J connectivity index is 1.62. The number of hydrogen-bond acceptors (Lipinski definition) is 4. The predicted molar refractivity (Wildman–Crippen MR) is 114 cm³/mol. The molecule has 0 unspecified atom stereocenters. The number of nitrogens with one attached hydrogen (secondary N) is 2. The fourth-order valence-electron chi connectivity index (χ4n) is 2.58. The number of hydrogen-bond donors (Lipinski definition) is 2. The Hall–Kier alpha value is -3.03. The zero-order chi connectivity index (χ0) is 20.9. The average molecular weight is 431 g/mol. The van der Waals surface area contributed by atoms with Crippen molar-refractivity contribution in [3.63, 3.8) is 0 Å². The largest absolute Gasteiger partial charge is 0.497 e. The Labute approximate surface area is 174 Å². The number of anilines is 2. The fourth-order valence-corrected chi connectivity index (χ4v) is 3.77. The van der Waals surface area contributed by atoms with E-state index in [0.717, 1.165) is 11.3 Å². The van der Waals surface area contributed by atoms with Crippen LogP contribution in [0.5, 0.6) is 5.75 Å². The summed E-state index contributed by atoms with van der Waals surface area (Å²) in [6, 6.07) is 19.5. The van der Waals surface area contributed by atoms with Gasteiger partial charge < -0.3 is 10.1 Å². The van der Waals surface area contributed by atoms with Crippen LogP contribution in [0.3, 0.4) is 0 Å². The van der Waals surface area contributed by atoms with Crippen LogP contribution in [0.4, 0.5) is 11.4 Å². The molecule has 29 heavy (non-hydrogen) atoms. The summed E-state index contributed by atoms with van der Waals surface area (Å²) in [5.74, 6) is 0.517. The van der Waals surface area contributed by atoms with Crippen LogP contribution in [-0.4, -0.2) is 21.4 Å². The van der Waals surface area contributed by atoms with Gasteiger partial charge in [-0.15, -0.1) is 0 Å². The van der Waals surface area contributed by atoms with E-state index in [-0.39, 0.29) is 17.2 Å². The zero-order valence-corrected chi connectivity index (χ0v) is 17.1. The third-order valence-electron chi connectivity index (χ3n) is 4.07. The third-order valence-corrected chi connectivity index (χ3v) is 5.72. The van der Waals surface area contributed by atoms with Gasteiger partial charge in [-0.25, -0.2) is 8.42 Å². The molecule has 1 amide bonds. The SMILES string of the molecule is COc1ccc(CC(=O)Nc2ccc(S(=O)(=O)Nc3ccc(Cl)cc3)cc2)cc1. The van der Waals surface area contributed by atoms with Crippen molar-refractivity contribution in [2.24, 2.45) is 0 Å². The Morgan fingerprint density at radius 1 is 0.897 bits per heavy atom. The molecule has 0 saturated carbocycles. The molecule has 0 aromatic heterocycles. The van der Waals surface area contributed by atoms with Gasteiger partial charge in [-0.2, -0.15) is 0 Å². The standard InChI is InChI=1S/C21H19ClN2O4S/c1-28-19-10-2-15(3-11-19)14-21(25)23-17-8-12-20(13-9-17)29(26,27)24-18-6-4-16(22)5-7-18/h2-13,24H,14H2,1H3,(H,23,25). The van der Waals surface area contributed by atoms with Crippen molar-refractivity contribution in [2.45, 2.75) is 11.3 Å². The normalized spacial score (nSPS) is 11.0. The molecule has 0 radical (unpaired) electrons. The van der Waals surface area contributed by atoms with Gasteiger partial charge in [0.05, 0.1) is 18.4 Å². The van der Waals surface area contributed by atoms with E-state index in [0.29, 0.717) is 16.4 Å². The Kier molecular flexibility index (Phi) is 6.41. The highest BCUT2D eigenvalue weighted by molar-refractivity contribution is 7.92. The first-order valence-corrected chi connectivity index (χ1v) is 10.5. The average Bonchev–Trinajstić information content (AvgIpc) is 2.70. The Morgan fingerprint density at radius 3 is 2.07 bits per heavy atom. The molecular formula is C21H19ClN2O4S. The van der Waals surface area contributed by atoms with E-state index in [1.165, 1.54) is 12.1 Å². The molecule has 3 aromatic carbocycles. The molecule has 8 heteroatoms. The van der Waals surface area contributed by atoms with Gasteiger partial charge in [0.25, 0.3) is 10.0 Å². The molecule has 3 rings (SSSR count). The lowest BCUT2D eigenvalue weighted by molar-refractivity contribution is -0.115. The Bertz CT molecular complexity index is 1080. The first-order chi connectivity index (χ1) is 13.9. The summed E-state index contributed by atoms with van der Waals surface area (Å²) < 4.78 is 32.5. The fraction of sp³-hybridized carbons (Fsp3) is 0.0952. The van der Waals surface area contributed by atoms with E-state index in [2.05, 4.69) is 10.0 Å². The van der Waals surface area contributed by atoms with Crippen molar-refractivity contribution in [2.75, 3.05) is 17.1 Å². The molecule has 0 fully saturated rings. The molecule has 0 aliphatic rings. The van der Waals surface area contributed by atoms with Gasteiger partial charge in [0.15, 0.2) is 0 Å². The summed E-state index contributed by atoms with van der Waals surface area (Å²) in [6.07, 6.45) is 0.197. The summed E-state index contributed by atoms with van der Waals surface area (Å²) >= 11 is 5.81. The number of ether oxygens (including phenoxy) is 1. The molecule has 0 aliphatic carbocycles. The summed E-state index contributed by atoms with van der Waals surface area (Å²) in [7, 11) is -2.16. The van der Waals surface area contributed by atoms with Gasteiger partial charge in [-0.1, -0.05) is 23.7 Å². The lowest BCUT2D eigenvalue weighted by Crippen LogP contribution is -2.15. The molecule has 0 bridgehead atoms. The van der Waals surface area contributed by atoms with E-state index in [9.17, 15) is 13.2 Å². The van der Waals surface area contributed by atoms with E-state index in [1.54, 1.807) is 55.6 Å². The van der Waals surface area contributed by atoms with Crippen LogP contribution in [0.2, 0.25) is 5.02 Å². The molecule has 3 aromatic rings. The minimum atomic E-state index is -3.74. The summed E-state index contributed by atoms with van der Waals surface area (Å²) in [5, 5.41) is 3.27. The Morgan fingerprint density at radius 2 is 1.48 bits per heavy atom. The quantitative estimate of drug-likeness (QED) is 0.584. The zero-order valence-electron chi connectivity index (χ0n) is 15.6. The molecule has 2 N–H and O–H groups in total. The lowest BCUT2D eigenvalue weighted by atomic mass is 10.1. The molecule has 0 heterocycles. The van der Waals surface area contributed by atoms with Crippen molar-refractivity contribution in [1.82, 2.24) is 0 Å². The van der Waals surface area contributed by atoms with Crippen LogP contribution in [0, 0.1) is 0 Å². The van der Waals surface area contributed by atoms with Crippen molar-refractivity contribution in [3.8, 4) is 5.75 Å². The maximum absolute atomic E-state index is 12.5. The summed E-state index contributed by atoms with van der Waals surface area (Å²) in [5.41, 5.74) is 1.76. The molecule has 0 saturated heterocycles. The number of benzene rings is 3. The monoisotopic (exact) mass is 430 g/mol. The van der Waals surface area contributed by atoms with Crippen LogP contribution >= 0.6 is 11.6 Å². The molecule has 150 valence electrons. The second-order valence-corrected chi connectivity index (χ2v) is 8.33. The highest BCUT2D eigenvalue weighted by Crippen LogP contribution is 2.20. The number of carbonyl (C=O) groups is 1. The smallest absolute Gasteiger partial charge is 0.261 e. The first-order valence-electron chi connectivity index (χ1n) is 8.67. The van der Waals surface area contributed by atoms with Crippen molar-refractivity contribution < 1.29 is 17.9 Å². The molecule has 6 nitrogen and oxygen atoms in total. The number of amides is 1. The highest BCUT2D eigenvalue weighted by Gasteiger charge is 2.14. The van der Waals surface area contributed by atoms with Gasteiger partial charge in [0, 0.05) is 16.4 Å². The van der Waals surface area contributed by atoms with Gasteiger partial charge in [-0.3, -0.25) is 9.52 Å². The van der Waals surface area contributed by atoms with Crippen LogP contribution in [0.25, 0.3) is 0 Å². The first kappa shape index (κ1) is 20.7. The topological polar surface area (TPSA) is 84.5 Å². The van der Waals surface area contributed by atoms with Gasteiger partial charge in [-0.05, 0) is 66.2 Å². The highest BCUT2D eigenvalue weighted by atomic mass is 35.5. The van der Waals surface area contributed by atoms with Gasteiger partial charge in [0.2, 0.25) is 5.91 Å². The number of carbonyl (C=O) groups excluding carboxylic acids is 1. The van der Waals surface area contributed by atoms with Crippen LogP contribution in [0.1, 0.15) is 5.56 Å². The maximum atomic E-state index is 12.5. The van der Waals surface area contributed by atoms with Crippen LogP contribution in [-0.2, 0) is 21.2 Å². The van der Waals surface area contributed by atoms with E-state index in [4.69, 9.17) is 16.3 Å².